The van der Waals surface area contributed by atoms with Crippen molar-refractivity contribution in [3.63, 3.8) is 0 Å². The van der Waals surface area contributed by atoms with E-state index in [1.54, 1.807) is 0 Å². The molecule has 2 aliphatic rings. The van der Waals surface area contributed by atoms with Crippen molar-refractivity contribution in [2.24, 2.45) is 0 Å². The standard InChI is InChI=1S/C40H42N4O4/c41-32-16-18-39-36(20-32)42-22-35(27-48-39)46-28-38(31-14-8-3-9-15-31)44(24-30-12-6-2-7-13-30)33-17-19-40-37(21-33)43(25-34(45)26-47-40)23-29-10-4-1-5-11-29/h1-21,34-35,38,42,45H,22-28,41H2/t34-,35-,38+/m0/s1. The van der Waals surface area contributed by atoms with Crippen molar-refractivity contribution in [1.82, 2.24) is 0 Å². The lowest BCUT2D eigenvalue weighted by Crippen LogP contribution is -2.36. The second-order valence-corrected chi connectivity index (χ2v) is 12.4. The molecule has 0 spiro atoms. The number of fused-ring (bicyclic) bond motifs is 2. The molecule has 0 aromatic heterocycles. The Balaban J connectivity index is 1.22. The molecule has 2 aliphatic heterocycles. The van der Waals surface area contributed by atoms with E-state index in [1.165, 1.54) is 11.1 Å². The Bertz CT molecular complexity index is 1770. The van der Waals surface area contributed by atoms with Crippen molar-refractivity contribution in [2.45, 2.75) is 31.3 Å². The van der Waals surface area contributed by atoms with E-state index in [4.69, 9.17) is 19.9 Å². The van der Waals surface area contributed by atoms with Crippen LogP contribution >= 0.6 is 0 Å². The van der Waals surface area contributed by atoms with E-state index in [-0.39, 0.29) is 18.8 Å². The molecule has 8 heteroatoms. The Morgan fingerprint density at radius 1 is 0.812 bits per heavy atom. The van der Waals surface area contributed by atoms with Gasteiger partial charge in [0.25, 0.3) is 0 Å². The highest BCUT2D eigenvalue weighted by molar-refractivity contribution is 5.68. The number of anilines is 4. The molecule has 7 rings (SSSR count). The third-order valence-electron chi connectivity index (χ3n) is 8.89. The zero-order valence-corrected chi connectivity index (χ0v) is 26.9. The molecule has 0 saturated heterocycles. The van der Waals surface area contributed by atoms with Crippen molar-refractivity contribution in [3.8, 4) is 11.5 Å². The number of hydrogen-bond donors (Lipinski definition) is 3. The average Bonchev–Trinajstić information content (AvgIpc) is 3.42. The quantitative estimate of drug-likeness (QED) is 0.146. The smallest absolute Gasteiger partial charge is 0.142 e. The summed E-state index contributed by atoms with van der Waals surface area (Å²) in [5.74, 6) is 1.54. The molecule has 0 unspecified atom stereocenters. The highest BCUT2D eigenvalue weighted by Crippen LogP contribution is 2.39. The van der Waals surface area contributed by atoms with Gasteiger partial charge in [-0.2, -0.15) is 0 Å². The van der Waals surface area contributed by atoms with Crippen LogP contribution in [-0.4, -0.2) is 50.2 Å². The maximum absolute atomic E-state index is 10.8. The van der Waals surface area contributed by atoms with Crippen LogP contribution in [0.5, 0.6) is 11.5 Å². The number of aliphatic hydroxyl groups excluding tert-OH is 1. The lowest BCUT2D eigenvalue weighted by Gasteiger charge is -2.36. The van der Waals surface area contributed by atoms with Crippen molar-refractivity contribution >= 4 is 22.7 Å². The number of nitrogens with two attached hydrogens (primary N) is 1. The van der Waals surface area contributed by atoms with Gasteiger partial charge in [0.15, 0.2) is 0 Å². The van der Waals surface area contributed by atoms with Crippen molar-refractivity contribution in [2.75, 3.05) is 53.8 Å². The van der Waals surface area contributed by atoms with Crippen LogP contribution in [-0.2, 0) is 17.8 Å². The summed E-state index contributed by atoms with van der Waals surface area (Å²) in [4.78, 5) is 4.63. The van der Waals surface area contributed by atoms with E-state index in [1.807, 2.05) is 54.6 Å². The molecule has 4 N–H and O–H groups in total. The average molecular weight is 643 g/mol. The first-order valence-corrected chi connectivity index (χ1v) is 16.6. The van der Waals surface area contributed by atoms with E-state index in [2.05, 4.69) is 87.9 Å². The van der Waals surface area contributed by atoms with Gasteiger partial charge in [-0.3, -0.25) is 0 Å². The summed E-state index contributed by atoms with van der Waals surface area (Å²) >= 11 is 0. The molecule has 0 fully saturated rings. The summed E-state index contributed by atoms with van der Waals surface area (Å²) in [5.41, 5.74) is 13.1. The number of hydrogen-bond acceptors (Lipinski definition) is 8. The van der Waals surface area contributed by atoms with Gasteiger partial charge in [0.1, 0.15) is 36.9 Å². The van der Waals surface area contributed by atoms with Crippen LogP contribution < -0.4 is 30.3 Å². The minimum atomic E-state index is -0.603. The SMILES string of the molecule is Nc1ccc2c(c1)NC[C@H](OC[C@H](c1ccccc1)N(Cc1ccccc1)c1ccc3c(c1)N(Cc1ccccc1)C[C@H](O)CO3)CO2. The van der Waals surface area contributed by atoms with Crippen LogP contribution in [0, 0.1) is 0 Å². The van der Waals surface area contributed by atoms with Gasteiger partial charge in [-0.1, -0.05) is 91.0 Å². The number of benzene rings is 5. The molecular formula is C40H42N4O4. The van der Waals surface area contributed by atoms with Gasteiger partial charge in [-0.25, -0.2) is 0 Å². The Morgan fingerprint density at radius 2 is 1.50 bits per heavy atom. The fraction of sp³-hybridized carbons (Fsp3) is 0.250. The number of nitrogens with one attached hydrogen (secondary N) is 1. The van der Waals surface area contributed by atoms with Crippen molar-refractivity contribution in [1.29, 1.82) is 0 Å². The Hall–Kier alpha value is -5.18. The molecule has 5 aromatic carbocycles. The molecule has 0 bridgehead atoms. The molecule has 3 atom stereocenters. The number of ether oxygens (including phenoxy) is 3. The molecular weight excluding hydrogens is 600 g/mol. The van der Waals surface area contributed by atoms with E-state index >= 15 is 0 Å². The Kier molecular flexibility index (Phi) is 9.63. The van der Waals surface area contributed by atoms with Crippen LogP contribution in [0.1, 0.15) is 22.7 Å². The Labute approximate surface area is 282 Å². The second-order valence-electron chi connectivity index (χ2n) is 12.4. The van der Waals surface area contributed by atoms with Crippen molar-refractivity contribution in [3.05, 3.63) is 144 Å². The van der Waals surface area contributed by atoms with E-state index < -0.39 is 6.10 Å². The lowest BCUT2D eigenvalue weighted by atomic mass is 10.0. The van der Waals surface area contributed by atoms with E-state index in [0.717, 1.165) is 34.1 Å². The molecule has 5 aromatic rings. The fourth-order valence-corrected chi connectivity index (χ4v) is 6.41. The van der Waals surface area contributed by atoms with E-state index in [0.29, 0.717) is 45.1 Å². The summed E-state index contributed by atoms with van der Waals surface area (Å²) in [6.45, 7) is 3.50. The summed E-state index contributed by atoms with van der Waals surface area (Å²) < 4.78 is 19.0. The van der Waals surface area contributed by atoms with E-state index in [9.17, 15) is 5.11 Å². The number of rotatable bonds is 10. The van der Waals surface area contributed by atoms with Crippen LogP contribution in [0.4, 0.5) is 22.7 Å². The summed E-state index contributed by atoms with van der Waals surface area (Å²) in [7, 11) is 0. The molecule has 8 nitrogen and oxygen atoms in total. The first-order chi connectivity index (χ1) is 23.6. The highest BCUT2D eigenvalue weighted by atomic mass is 16.5. The summed E-state index contributed by atoms with van der Waals surface area (Å²) in [5, 5.41) is 14.3. The van der Waals surface area contributed by atoms with Crippen molar-refractivity contribution < 1.29 is 19.3 Å². The highest BCUT2D eigenvalue weighted by Gasteiger charge is 2.28. The largest absolute Gasteiger partial charge is 0.489 e. The maximum atomic E-state index is 10.8. The molecule has 48 heavy (non-hydrogen) atoms. The zero-order valence-electron chi connectivity index (χ0n) is 26.9. The topological polar surface area (TPSA) is 92.5 Å². The summed E-state index contributed by atoms with van der Waals surface area (Å²) in [6, 6.07) is 43.3. The predicted octanol–water partition coefficient (Wildman–Crippen LogP) is 6.67. The first kappa shape index (κ1) is 31.4. The number of nitrogen functional groups attached to an aromatic ring is 1. The fourth-order valence-electron chi connectivity index (χ4n) is 6.41. The third kappa shape index (κ3) is 7.51. The normalized spacial score (nSPS) is 17.7. The first-order valence-electron chi connectivity index (χ1n) is 16.6. The molecule has 0 amide bonds. The van der Waals surface area contributed by atoms with Gasteiger partial charge in [0, 0.05) is 37.6 Å². The third-order valence-corrected chi connectivity index (χ3v) is 8.89. The van der Waals surface area contributed by atoms with Gasteiger partial charge >= 0.3 is 0 Å². The second kappa shape index (κ2) is 14.7. The number of aliphatic hydroxyl groups is 1. The van der Waals surface area contributed by atoms with Gasteiger partial charge in [0.2, 0.25) is 0 Å². The number of nitrogens with zero attached hydrogens (tertiary/aromatic N) is 2. The van der Waals surface area contributed by atoms with Crippen LogP contribution in [0.3, 0.4) is 0 Å². The molecule has 0 radical (unpaired) electrons. The van der Waals surface area contributed by atoms with Crippen LogP contribution in [0.15, 0.2) is 127 Å². The monoisotopic (exact) mass is 642 g/mol. The van der Waals surface area contributed by atoms with Crippen LogP contribution in [0.25, 0.3) is 0 Å². The predicted molar refractivity (Wildman–Crippen MR) is 192 cm³/mol. The van der Waals surface area contributed by atoms with Gasteiger partial charge in [0.05, 0.1) is 24.0 Å². The minimum Gasteiger partial charge on any atom is -0.489 e. The van der Waals surface area contributed by atoms with Gasteiger partial charge in [-0.15, -0.1) is 0 Å². The zero-order chi connectivity index (χ0) is 32.7. The minimum absolute atomic E-state index is 0.120. The lowest BCUT2D eigenvalue weighted by molar-refractivity contribution is 0.0226. The molecule has 0 aliphatic carbocycles. The summed E-state index contributed by atoms with van der Waals surface area (Å²) in [6.07, 6.45) is -0.778. The molecule has 246 valence electrons. The van der Waals surface area contributed by atoms with Gasteiger partial charge < -0.3 is 40.2 Å². The number of β-amino-alcohol motifs (C(OH)–C–C–N with tert-alkyl or cyclic N) is 1. The van der Waals surface area contributed by atoms with Crippen LogP contribution in [0.2, 0.25) is 0 Å². The Morgan fingerprint density at radius 3 is 2.27 bits per heavy atom. The maximum Gasteiger partial charge on any atom is 0.142 e. The molecule has 2 heterocycles. The van der Waals surface area contributed by atoms with Gasteiger partial charge in [-0.05, 0) is 53.1 Å². The molecule has 0 saturated carbocycles.